The van der Waals surface area contributed by atoms with E-state index >= 15 is 0 Å². The van der Waals surface area contributed by atoms with E-state index in [2.05, 4.69) is 13.8 Å². The Balaban J connectivity index is 2.50. The maximum atomic E-state index is 13.6. The average Bonchev–Trinajstić information content (AvgIpc) is 3.50. The van der Waals surface area contributed by atoms with Gasteiger partial charge in [-0.25, -0.2) is 0 Å². The second kappa shape index (κ2) is 26.1. The van der Waals surface area contributed by atoms with Gasteiger partial charge in [0.05, 0.1) is 6.61 Å². The maximum absolute atomic E-state index is 13.6. The third kappa shape index (κ3) is 16.9. The van der Waals surface area contributed by atoms with Gasteiger partial charge in [0, 0.05) is 21.0 Å². The van der Waals surface area contributed by atoms with Gasteiger partial charge >= 0.3 is 0 Å². The van der Waals surface area contributed by atoms with Gasteiger partial charge in [0.2, 0.25) is 5.60 Å². The highest BCUT2D eigenvalue weighted by Crippen LogP contribution is 2.49. The normalized spacial score (nSPS) is 15.0. The van der Waals surface area contributed by atoms with Gasteiger partial charge in [-0.3, -0.25) is 9.59 Å². The summed E-state index contributed by atoms with van der Waals surface area (Å²) >= 11 is 0. The maximum Gasteiger partial charge on any atom is 0.216 e. The van der Waals surface area contributed by atoms with Gasteiger partial charge in [0.15, 0.2) is 11.6 Å². The van der Waals surface area contributed by atoms with Crippen molar-refractivity contribution in [2.24, 2.45) is 0 Å². The van der Waals surface area contributed by atoms with Crippen molar-refractivity contribution >= 4 is 19.7 Å². The molecule has 1 fully saturated rings. The third-order valence-electron chi connectivity index (χ3n) is 8.82. The molecule has 0 radical (unpaired) electrons. The molecule has 1 rings (SSSR count). The molecular formula is C35H67O5P. The summed E-state index contributed by atoms with van der Waals surface area (Å²) in [5, 5.41) is 20.9. The van der Waals surface area contributed by atoms with Crippen molar-refractivity contribution in [2.75, 3.05) is 18.9 Å². The predicted molar refractivity (Wildman–Crippen MR) is 175 cm³/mol. The Bertz CT molecular complexity index is 596. The molecule has 0 saturated carbocycles. The Hall–Kier alpha value is -0.350. The number of aliphatic hydroxyl groups is 2. The molecule has 0 spiro atoms. The molecule has 41 heavy (non-hydrogen) atoms. The van der Waals surface area contributed by atoms with Crippen LogP contribution in [0.15, 0.2) is 0 Å². The van der Waals surface area contributed by atoms with Gasteiger partial charge in [0.25, 0.3) is 0 Å². The van der Waals surface area contributed by atoms with Crippen molar-refractivity contribution in [3.63, 3.8) is 0 Å². The van der Waals surface area contributed by atoms with Crippen molar-refractivity contribution in [3.05, 3.63) is 0 Å². The largest absolute Gasteiger partial charge is 0.394 e. The number of hydrogen-bond acceptors (Lipinski definition) is 5. The monoisotopic (exact) mass is 598 g/mol. The Kier molecular flexibility index (Phi) is 24.6. The minimum atomic E-state index is -1.87. The molecule has 242 valence electrons. The summed E-state index contributed by atoms with van der Waals surface area (Å²) in [7, 11) is -0.918. The van der Waals surface area contributed by atoms with E-state index in [4.69, 9.17) is 4.52 Å². The fourth-order valence-electron chi connectivity index (χ4n) is 6.07. The van der Waals surface area contributed by atoms with Crippen LogP contribution in [0.1, 0.15) is 181 Å². The molecule has 0 bridgehead atoms. The van der Waals surface area contributed by atoms with Crippen LogP contribution in [0, 0.1) is 0 Å². The Morgan fingerprint density at radius 3 is 1.24 bits per heavy atom. The second-order valence-corrected chi connectivity index (χ2v) is 14.6. The van der Waals surface area contributed by atoms with Crippen LogP contribution in [0.5, 0.6) is 0 Å². The Morgan fingerprint density at radius 2 is 0.927 bits per heavy atom. The number of unbranched alkanes of at least 4 members (excludes halogenated alkanes) is 20. The van der Waals surface area contributed by atoms with Gasteiger partial charge in [-0.15, -0.1) is 0 Å². The number of aliphatic hydroxyl groups excluding tert-OH is 2. The standard InChI is InChI=1S/C35H67O5P/c1-3-5-7-9-11-13-15-17-19-21-23-27-32(37)35(34(39)31-36,40-41-29-25-26-30-41)33(38)28-24-22-20-18-16-14-12-10-8-6-4-2/h34,36,39H,3-31H2,1-2H3. The molecule has 1 atom stereocenters. The van der Waals surface area contributed by atoms with Crippen LogP contribution >= 0.6 is 8.15 Å². The Labute approximate surface area is 255 Å². The summed E-state index contributed by atoms with van der Waals surface area (Å²) in [6, 6.07) is 0. The summed E-state index contributed by atoms with van der Waals surface area (Å²) in [4.78, 5) is 27.3. The molecule has 0 aliphatic carbocycles. The first-order valence-electron chi connectivity index (χ1n) is 17.8. The predicted octanol–water partition coefficient (Wildman–Crippen LogP) is 9.83. The van der Waals surface area contributed by atoms with E-state index in [0.29, 0.717) is 12.8 Å². The summed E-state index contributed by atoms with van der Waals surface area (Å²) in [6.07, 6.45) is 29.0. The zero-order chi connectivity index (χ0) is 30.0. The Morgan fingerprint density at radius 1 is 0.610 bits per heavy atom. The first-order chi connectivity index (χ1) is 20.0. The minimum absolute atomic E-state index is 0.237. The van der Waals surface area contributed by atoms with E-state index in [9.17, 15) is 19.8 Å². The molecule has 0 amide bonds. The highest BCUT2D eigenvalue weighted by atomic mass is 31.1. The number of hydrogen-bond donors (Lipinski definition) is 2. The van der Waals surface area contributed by atoms with Gasteiger partial charge < -0.3 is 14.7 Å². The zero-order valence-electron chi connectivity index (χ0n) is 27.1. The minimum Gasteiger partial charge on any atom is -0.394 e. The lowest BCUT2D eigenvalue weighted by atomic mass is 9.82. The van der Waals surface area contributed by atoms with Crippen LogP contribution in [0.25, 0.3) is 0 Å². The van der Waals surface area contributed by atoms with Crippen molar-refractivity contribution in [3.8, 4) is 0 Å². The van der Waals surface area contributed by atoms with Gasteiger partial charge in [-0.05, 0) is 38.0 Å². The summed E-state index contributed by atoms with van der Waals surface area (Å²) < 4.78 is 6.33. The SMILES string of the molecule is CCCCCCCCCCCCCC(=O)C(OP1CCCC1)(C(=O)CCCCCCCCCCCCC)C(O)CO. The number of Topliss-reactive ketones (excluding diaryl/α,β-unsaturated/α-hetero) is 2. The number of carbonyl (C=O) groups excluding carboxylic acids is 2. The van der Waals surface area contributed by atoms with Gasteiger partial charge in [-0.1, -0.05) is 142 Å². The molecule has 0 aromatic carbocycles. The van der Waals surface area contributed by atoms with Crippen molar-refractivity contribution in [2.45, 2.75) is 192 Å². The van der Waals surface area contributed by atoms with Crippen LogP contribution in [0.3, 0.4) is 0 Å². The number of ketones is 2. The summed E-state index contributed by atoms with van der Waals surface area (Å²) in [6.45, 7) is 3.86. The first kappa shape index (κ1) is 38.7. The molecular weight excluding hydrogens is 531 g/mol. The van der Waals surface area contributed by atoms with Crippen LogP contribution < -0.4 is 0 Å². The van der Waals surface area contributed by atoms with Crippen LogP contribution in [0.2, 0.25) is 0 Å². The number of rotatable bonds is 30. The van der Waals surface area contributed by atoms with E-state index < -0.39 is 26.5 Å². The molecule has 0 aromatic heterocycles. The lowest BCUT2D eigenvalue weighted by Crippen LogP contribution is -2.58. The zero-order valence-corrected chi connectivity index (χ0v) is 28.0. The van der Waals surface area contributed by atoms with Crippen LogP contribution in [0.4, 0.5) is 0 Å². The lowest BCUT2D eigenvalue weighted by molar-refractivity contribution is -0.161. The van der Waals surface area contributed by atoms with Crippen LogP contribution in [-0.4, -0.2) is 52.4 Å². The molecule has 1 unspecified atom stereocenters. The smallest absolute Gasteiger partial charge is 0.216 e. The second-order valence-electron chi connectivity index (χ2n) is 12.6. The lowest BCUT2D eigenvalue weighted by Gasteiger charge is -2.36. The highest BCUT2D eigenvalue weighted by Gasteiger charge is 2.53. The van der Waals surface area contributed by atoms with Crippen molar-refractivity contribution in [1.29, 1.82) is 0 Å². The topological polar surface area (TPSA) is 83.8 Å². The molecule has 5 nitrogen and oxygen atoms in total. The number of carbonyl (C=O) groups is 2. The molecule has 0 aromatic rings. The van der Waals surface area contributed by atoms with E-state index in [-0.39, 0.29) is 24.4 Å². The fourth-order valence-corrected chi connectivity index (χ4v) is 8.36. The first-order valence-corrected chi connectivity index (χ1v) is 19.5. The highest BCUT2D eigenvalue weighted by molar-refractivity contribution is 7.53. The molecule has 6 heteroatoms. The van der Waals surface area contributed by atoms with E-state index in [1.807, 2.05) is 0 Å². The van der Waals surface area contributed by atoms with E-state index in [1.165, 1.54) is 103 Å². The third-order valence-corrected chi connectivity index (χ3v) is 11.0. The van der Waals surface area contributed by atoms with Crippen molar-refractivity contribution < 1.29 is 24.3 Å². The van der Waals surface area contributed by atoms with Crippen molar-refractivity contribution in [1.82, 2.24) is 0 Å². The van der Waals surface area contributed by atoms with Crippen LogP contribution in [-0.2, 0) is 14.1 Å². The van der Waals surface area contributed by atoms with E-state index in [1.54, 1.807) is 0 Å². The fraction of sp³-hybridized carbons (Fsp3) is 0.943. The van der Waals surface area contributed by atoms with Gasteiger partial charge in [0.1, 0.15) is 6.10 Å². The molecule has 1 aliphatic rings. The van der Waals surface area contributed by atoms with Gasteiger partial charge in [-0.2, -0.15) is 0 Å². The quantitative estimate of drug-likeness (QED) is 0.0488. The molecule has 1 saturated heterocycles. The molecule has 2 N–H and O–H groups in total. The van der Waals surface area contributed by atoms with E-state index in [0.717, 1.165) is 50.8 Å². The molecule has 1 heterocycles. The summed E-state index contributed by atoms with van der Waals surface area (Å²) in [5.74, 6) is -0.616. The average molecular weight is 599 g/mol. The summed E-state index contributed by atoms with van der Waals surface area (Å²) in [5.41, 5.74) is -1.87. The molecule has 1 aliphatic heterocycles.